The molecule has 0 atom stereocenters. The van der Waals surface area contributed by atoms with Crippen molar-refractivity contribution in [1.82, 2.24) is 14.3 Å². The van der Waals surface area contributed by atoms with Crippen LogP contribution in [-0.2, 0) is 13.1 Å². The lowest BCUT2D eigenvalue weighted by Gasteiger charge is -2.16. The van der Waals surface area contributed by atoms with Gasteiger partial charge in [0.25, 0.3) is 0 Å². The number of fused-ring (bicyclic) bond motifs is 5. The number of aryl methyl sites for hydroxylation is 2. The Bertz CT molecular complexity index is 754. The van der Waals surface area contributed by atoms with Gasteiger partial charge in [0.1, 0.15) is 0 Å². The molecule has 96 valence electrons. The van der Waals surface area contributed by atoms with Gasteiger partial charge in [0.05, 0.1) is 22.1 Å². The maximum absolute atomic E-state index is 4.48. The first-order valence-corrected chi connectivity index (χ1v) is 7.44. The van der Waals surface area contributed by atoms with Crippen molar-refractivity contribution >= 4 is 26.8 Å². The SMILES string of the molecule is Brc1cnn2c1-c1cc3ccccc3n1CCCC2. The largest absolute Gasteiger partial charge is 0.339 e. The highest BCUT2D eigenvalue weighted by atomic mass is 79.9. The van der Waals surface area contributed by atoms with Crippen LogP contribution in [0.4, 0.5) is 0 Å². The summed E-state index contributed by atoms with van der Waals surface area (Å²) in [6.45, 7) is 2.09. The highest BCUT2D eigenvalue weighted by Crippen LogP contribution is 2.34. The molecule has 4 rings (SSSR count). The summed E-state index contributed by atoms with van der Waals surface area (Å²) in [6, 6.07) is 10.9. The monoisotopic (exact) mass is 315 g/mol. The lowest BCUT2D eigenvalue weighted by molar-refractivity contribution is 0.515. The van der Waals surface area contributed by atoms with Crippen LogP contribution in [0.3, 0.4) is 0 Å². The van der Waals surface area contributed by atoms with Gasteiger partial charge < -0.3 is 4.57 Å². The van der Waals surface area contributed by atoms with Crippen molar-refractivity contribution < 1.29 is 0 Å². The van der Waals surface area contributed by atoms with Crippen LogP contribution in [0.5, 0.6) is 0 Å². The molecule has 0 fully saturated rings. The molecular formula is C15H14BrN3. The second-order valence-electron chi connectivity index (χ2n) is 5.01. The number of halogens is 1. The van der Waals surface area contributed by atoms with Crippen molar-refractivity contribution in [3.8, 4) is 11.4 Å². The second-order valence-corrected chi connectivity index (χ2v) is 5.87. The maximum Gasteiger partial charge on any atom is 0.0989 e. The molecule has 4 heteroatoms. The molecule has 0 saturated heterocycles. The van der Waals surface area contributed by atoms with E-state index in [1.54, 1.807) is 0 Å². The van der Waals surface area contributed by atoms with Gasteiger partial charge in [-0.15, -0.1) is 0 Å². The van der Waals surface area contributed by atoms with Crippen LogP contribution >= 0.6 is 15.9 Å². The molecule has 0 amide bonds. The third kappa shape index (κ3) is 1.66. The molecule has 0 N–H and O–H groups in total. The number of aromatic nitrogens is 3. The van der Waals surface area contributed by atoms with E-state index in [4.69, 9.17) is 0 Å². The van der Waals surface area contributed by atoms with Crippen LogP contribution in [0, 0.1) is 0 Å². The van der Waals surface area contributed by atoms with Crippen LogP contribution in [-0.4, -0.2) is 14.3 Å². The predicted molar refractivity (Wildman–Crippen MR) is 80.1 cm³/mol. The van der Waals surface area contributed by atoms with Crippen LogP contribution in [0.2, 0.25) is 0 Å². The van der Waals surface area contributed by atoms with Crippen molar-refractivity contribution in [3.05, 3.63) is 41.0 Å². The summed E-state index contributed by atoms with van der Waals surface area (Å²) in [5.41, 5.74) is 3.79. The number of hydrogen-bond acceptors (Lipinski definition) is 1. The van der Waals surface area contributed by atoms with E-state index in [1.165, 1.54) is 35.1 Å². The average Bonchev–Trinajstić information content (AvgIpc) is 2.92. The molecule has 19 heavy (non-hydrogen) atoms. The van der Waals surface area contributed by atoms with Gasteiger partial charge in [-0.05, 0) is 40.9 Å². The fourth-order valence-corrected chi connectivity index (χ4v) is 3.46. The molecule has 0 unspecified atom stereocenters. The first kappa shape index (κ1) is 11.3. The van der Waals surface area contributed by atoms with Gasteiger partial charge in [-0.1, -0.05) is 18.2 Å². The summed E-state index contributed by atoms with van der Waals surface area (Å²) >= 11 is 3.64. The lowest BCUT2D eigenvalue weighted by atomic mass is 10.2. The molecule has 0 radical (unpaired) electrons. The highest BCUT2D eigenvalue weighted by Gasteiger charge is 2.19. The Hall–Kier alpha value is -1.55. The minimum atomic E-state index is 1.00. The zero-order valence-corrected chi connectivity index (χ0v) is 12.1. The zero-order chi connectivity index (χ0) is 12.8. The molecule has 3 nitrogen and oxygen atoms in total. The van der Waals surface area contributed by atoms with Crippen LogP contribution in [0.25, 0.3) is 22.3 Å². The number of rotatable bonds is 0. The topological polar surface area (TPSA) is 22.8 Å². The van der Waals surface area contributed by atoms with E-state index < -0.39 is 0 Å². The molecule has 1 aliphatic rings. The van der Waals surface area contributed by atoms with Crippen molar-refractivity contribution in [1.29, 1.82) is 0 Å². The van der Waals surface area contributed by atoms with Gasteiger partial charge in [-0.25, -0.2) is 0 Å². The minimum absolute atomic E-state index is 1.00. The molecule has 0 aliphatic carbocycles. The average molecular weight is 316 g/mol. The summed E-state index contributed by atoms with van der Waals surface area (Å²) in [4.78, 5) is 0. The van der Waals surface area contributed by atoms with E-state index in [9.17, 15) is 0 Å². The zero-order valence-electron chi connectivity index (χ0n) is 10.5. The summed E-state index contributed by atoms with van der Waals surface area (Å²) in [5.74, 6) is 0. The van der Waals surface area contributed by atoms with E-state index >= 15 is 0 Å². The van der Waals surface area contributed by atoms with E-state index in [-0.39, 0.29) is 0 Å². The molecule has 3 heterocycles. The number of benzene rings is 1. The highest BCUT2D eigenvalue weighted by molar-refractivity contribution is 9.10. The van der Waals surface area contributed by atoms with Crippen molar-refractivity contribution in [2.45, 2.75) is 25.9 Å². The molecule has 0 spiro atoms. The molecule has 0 bridgehead atoms. The Kier molecular flexibility index (Phi) is 2.52. The van der Waals surface area contributed by atoms with Gasteiger partial charge in [-0.3, -0.25) is 4.68 Å². The molecule has 1 aliphatic heterocycles. The van der Waals surface area contributed by atoms with Gasteiger partial charge in [-0.2, -0.15) is 5.10 Å². The van der Waals surface area contributed by atoms with E-state index in [0.29, 0.717) is 0 Å². The molecule has 1 aromatic carbocycles. The Morgan fingerprint density at radius 3 is 2.89 bits per heavy atom. The minimum Gasteiger partial charge on any atom is -0.339 e. The summed E-state index contributed by atoms with van der Waals surface area (Å²) < 4.78 is 5.62. The predicted octanol–water partition coefficient (Wildman–Crippen LogP) is 4.06. The van der Waals surface area contributed by atoms with Crippen LogP contribution in [0.15, 0.2) is 41.0 Å². The van der Waals surface area contributed by atoms with Crippen LogP contribution in [0.1, 0.15) is 12.8 Å². The lowest BCUT2D eigenvalue weighted by Crippen LogP contribution is -2.11. The summed E-state index contributed by atoms with van der Waals surface area (Å²) in [7, 11) is 0. The van der Waals surface area contributed by atoms with Crippen molar-refractivity contribution in [2.75, 3.05) is 0 Å². The Morgan fingerprint density at radius 1 is 1.11 bits per heavy atom. The third-order valence-corrected chi connectivity index (χ3v) is 4.43. The van der Waals surface area contributed by atoms with E-state index in [1.807, 2.05) is 6.20 Å². The normalized spacial score (nSPS) is 14.8. The van der Waals surface area contributed by atoms with Gasteiger partial charge >= 0.3 is 0 Å². The van der Waals surface area contributed by atoms with Crippen molar-refractivity contribution in [2.24, 2.45) is 0 Å². The second kappa shape index (κ2) is 4.23. The summed E-state index contributed by atoms with van der Waals surface area (Å²) in [6.07, 6.45) is 4.28. The number of nitrogens with zero attached hydrogens (tertiary/aromatic N) is 3. The van der Waals surface area contributed by atoms with Crippen LogP contribution < -0.4 is 0 Å². The Balaban J connectivity index is 2.08. The summed E-state index contributed by atoms with van der Waals surface area (Å²) in [5, 5.41) is 5.79. The quantitative estimate of drug-likeness (QED) is 0.613. The number of hydrogen-bond donors (Lipinski definition) is 0. The fraction of sp³-hybridized carbons (Fsp3) is 0.267. The van der Waals surface area contributed by atoms with Gasteiger partial charge in [0, 0.05) is 24.0 Å². The maximum atomic E-state index is 4.48. The molecule has 0 saturated carbocycles. The molecule has 3 aromatic rings. The van der Waals surface area contributed by atoms with Gasteiger partial charge in [0.2, 0.25) is 0 Å². The third-order valence-electron chi connectivity index (χ3n) is 3.85. The van der Waals surface area contributed by atoms with Crippen molar-refractivity contribution in [3.63, 3.8) is 0 Å². The van der Waals surface area contributed by atoms with E-state index in [0.717, 1.165) is 17.6 Å². The molecule has 2 aromatic heterocycles. The smallest absolute Gasteiger partial charge is 0.0989 e. The Morgan fingerprint density at radius 2 is 1.95 bits per heavy atom. The first-order valence-electron chi connectivity index (χ1n) is 6.64. The van der Waals surface area contributed by atoms with E-state index in [2.05, 4.69) is 60.6 Å². The van der Waals surface area contributed by atoms with Gasteiger partial charge in [0.15, 0.2) is 0 Å². The fourth-order valence-electron chi connectivity index (χ4n) is 2.97. The Labute approximate surface area is 120 Å². The number of para-hydroxylation sites is 1. The standard InChI is InChI=1S/C15H14BrN3/c16-12-10-17-19-8-4-3-7-18-13-6-2-1-5-11(13)9-14(18)15(12)19/h1-2,5-6,9-10H,3-4,7-8H2. The molecular weight excluding hydrogens is 302 g/mol. The first-order chi connectivity index (χ1) is 9.34.